The van der Waals surface area contributed by atoms with Gasteiger partial charge in [-0.05, 0) is 31.8 Å². The number of ether oxygens (including phenoxy) is 1. The number of carbonyl (C=O) groups excluding carboxylic acids is 2. The van der Waals surface area contributed by atoms with Crippen LogP contribution in [0.15, 0.2) is 0 Å². The second-order valence-electron chi connectivity index (χ2n) is 5.54. The molecule has 6 heteroatoms. The van der Waals surface area contributed by atoms with Gasteiger partial charge in [0.25, 0.3) is 0 Å². The van der Waals surface area contributed by atoms with Crippen LogP contribution < -0.4 is 16.0 Å². The van der Waals surface area contributed by atoms with Gasteiger partial charge in [-0.3, -0.25) is 9.59 Å². The first-order valence-electron chi connectivity index (χ1n) is 7.43. The van der Waals surface area contributed by atoms with Crippen molar-refractivity contribution >= 4 is 11.8 Å². The SMILES string of the molecule is CC(C)CNC(=O)CNC(=O)CCOC1CCNCC1. The van der Waals surface area contributed by atoms with Crippen molar-refractivity contribution in [3.63, 3.8) is 0 Å². The lowest BCUT2D eigenvalue weighted by atomic mass is 10.1. The van der Waals surface area contributed by atoms with E-state index in [1.807, 2.05) is 13.8 Å². The van der Waals surface area contributed by atoms with Crippen molar-refractivity contribution in [1.82, 2.24) is 16.0 Å². The van der Waals surface area contributed by atoms with Crippen LogP contribution in [0.2, 0.25) is 0 Å². The molecular formula is C14H27N3O3. The molecule has 0 spiro atoms. The fraction of sp³-hybridized carbons (Fsp3) is 0.857. The molecule has 0 aromatic carbocycles. The van der Waals surface area contributed by atoms with E-state index in [0.717, 1.165) is 25.9 Å². The maximum atomic E-state index is 11.5. The van der Waals surface area contributed by atoms with Crippen LogP contribution in [0.4, 0.5) is 0 Å². The number of piperidine rings is 1. The molecule has 1 aliphatic rings. The molecule has 6 nitrogen and oxygen atoms in total. The second-order valence-corrected chi connectivity index (χ2v) is 5.54. The minimum atomic E-state index is -0.147. The van der Waals surface area contributed by atoms with Crippen LogP contribution in [0.5, 0.6) is 0 Å². The standard InChI is InChI=1S/C14H27N3O3/c1-11(2)9-16-14(19)10-17-13(18)5-8-20-12-3-6-15-7-4-12/h11-12,15H,3-10H2,1-2H3,(H,16,19)(H,17,18). The van der Waals surface area contributed by atoms with Gasteiger partial charge in [0.1, 0.15) is 0 Å². The summed E-state index contributed by atoms with van der Waals surface area (Å²) in [5, 5.41) is 8.62. The lowest BCUT2D eigenvalue weighted by molar-refractivity contribution is -0.127. The van der Waals surface area contributed by atoms with Gasteiger partial charge in [0.2, 0.25) is 11.8 Å². The van der Waals surface area contributed by atoms with Crippen LogP contribution >= 0.6 is 0 Å². The Morgan fingerprint density at radius 2 is 1.90 bits per heavy atom. The first-order valence-corrected chi connectivity index (χ1v) is 7.43. The van der Waals surface area contributed by atoms with Crippen LogP contribution in [0, 0.1) is 5.92 Å². The highest BCUT2D eigenvalue weighted by molar-refractivity contribution is 5.84. The zero-order valence-electron chi connectivity index (χ0n) is 12.5. The summed E-state index contributed by atoms with van der Waals surface area (Å²) < 4.78 is 5.64. The Hall–Kier alpha value is -1.14. The van der Waals surface area contributed by atoms with Gasteiger partial charge in [-0.1, -0.05) is 13.8 Å². The molecule has 0 radical (unpaired) electrons. The van der Waals surface area contributed by atoms with E-state index in [-0.39, 0.29) is 24.5 Å². The van der Waals surface area contributed by atoms with Crippen LogP contribution in [0.25, 0.3) is 0 Å². The minimum Gasteiger partial charge on any atom is -0.378 e. The van der Waals surface area contributed by atoms with E-state index in [0.29, 0.717) is 25.5 Å². The number of rotatable bonds is 8. The Kier molecular flexibility index (Phi) is 8.22. The van der Waals surface area contributed by atoms with E-state index < -0.39 is 0 Å². The lowest BCUT2D eigenvalue weighted by Crippen LogP contribution is -2.38. The molecule has 0 aliphatic carbocycles. The maximum Gasteiger partial charge on any atom is 0.239 e. The molecule has 3 N–H and O–H groups in total. The molecule has 0 atom stereocenters. The average Bonchev–Trinajstić information content (AvgIpc) is 2.44. The van der Waals surface area contributed by atoms with Crippen LogP contribution in [0.3, 0.4) is 0 Å². The summed E-state index contributed by atoms with van der Waals surface area (Å²) >= 11 is 0. The third-order valence-electron chi connectivity index (χ3n) is 3.12. The van der Waals surface area contributed by atoms with Crippen molar-refractivity contribution in [1.29, 1.82) is 0 Å². The molecular weight excluding hydrogens is 258 g/mol. The fourth-order valence-corrected chi connectivity index (χ4v) is 1.93. The molecule has 1 rings (SSSR count). The Bertz CT molecular complexity index is 302. The van der Waals surface area contributed by atoms with E-state index >= 15 is 0 Å². The summed E-state index contributed by atoms with van der Waals surface area (Å²) in [5.41, 5.74) is 0. The second kappa shape index (κ2) is 9.72. The van der Waals surface area contributed by atoms with Crippen molar-refractivity contribution < 1.29 is 14.3 Å². The third-order valence-corrected chi connectivity index (χ3v) is 3.12. The topological polar surface area (TPSA) is 79.5 Å². The average molecular weight is 285 g/mol. The Morgan fingerprint density at radius 3 is 2.55 bits per heavy atom. The van der Waals surface area contributed by atoms with Crippen molar-refractivity contribution in [2.75, 3.05) is 32.8 Å². The first-order chi connectivity index (χ1) is 9.58. The van der Waals surface area contributed by atoms with Crippen LogP contribution in [-0.4, -0.2) is 50.7 Å². The molecule has 2 amide bonds. The van der Waals surface area contributed by atoms with Gasteiger partial charge in [-0.2, -0.15) is 0 Å². The predicted molar refractivity (Wildman–Crippen MR) is 77.3 cm³/mol. The van der Waals surface area contributed by atoms with Crippen LogP contribution in [0.1, 0.15) is 33.1 Å². The molecule has 0 bridgehead atoms. The Labute approximate surface area is 121 Å². The molecule has 0 aromatic heterocycles. The number of amides is 2. The fourth-order valence-electron chi connectivity index (χ4n) is 1.93. The van der Waals surface area contributed by atoms with E-state index in [2.05, 4.69) is 16.0 Å². The number of hydrogen-bond donors (Lipinski definition) is 3. The zero-order valence-corrected chi connectivity index (χ0v) is 12.5. The summed E-state index contributed by atoms with van der Waals surface area (Å²) in [5.74, 6) is 0.123. The van der Waals surface area contributed by atoms with E-state index in [1.54, 1.807) is 0 Å². The lowest BCUT2D eigenvalue weighted by Gasteiger charge is -2.22. The highest BCUT2D eigenvalue weighted by Crippen LogP contribution is 2.07. The highest BCUT2D eigenvalue weighted by Gasteiger charge is 2.13. The molecule has 20 heavy (non-hydrogen) atoms. The van der Waals surface area contributed by atoms with Gasteiger partial charge in [-0.25, -0.2) is 0 Å². The molecule has 116 valence electrons. The summed E-state index contributed by atoms with van der Waals surface area (Å²) in [6, 6.07) is 0. The normalized spacial score (nSPS) is 16.1. The van der Waals surface area contributed by atoms with Gasteiger partial charge in [-0.15, -0.1) is 0 Å². The summed E-state index contributed by atoms with van der Waals surface area (Å²) in [7, 11) is 0. The zero-order chi connectivity index (χ0) is 14.8. The van der Waals surface area contributed by atoms with Crippen molar-refractivity contribution in [2.45, 2.75) is 39.2 Å². The third kappa shape index (κ3) is 8.12. The monoisotopic (exact) mass is 285 g/mol. The highest BCUT2D eigenvalue weighted by atomic mass is 16.5. The first kappa shape index (κ1) is 16.9. The van der Waals surface area contributed by atoms with Gasteiger partial charge in [0.05, 0.1) is 19.3 Å². The molecule has 0 aromatic rings. The molecule has 1 saturated heterocycles. The van der Waals surface area contributed by atoms with E-state index in [4.69, 9.17) is 4.74 Å². The Morgan fingerprint density at radius 1 is 1.20 bits per heavy atom. The molecule has 0 unspecified atom stereocenters. The number of nitrogens with one attached hydrogen (secondary N) is 3. The summed E-state index contributed by atoms with van der Waals surface area (Å²) in [4.78, 5) is 23.0. The largest absolute Gasteiger partial charge is 0.378 e. The maximum absolute atomic E-state index is 11.5. The number of carbonyl (C=O) groups is 2. The van der Waals surface area contributed by atoms with Gasteiger partial charge >= 0.3 is 0 Å². The van der Waals surface area contributed by atoms with Gasteiger partial charge in [0, 0.05) is 13.0 Å². The molecule has 1 heterocycles. The van der Waals surface area contributed by atoms with Gasteiger partial charge < -0.3 is 20.7 Å². The Balaban J connectivity index is 2.00. The smallest absolute Gasteiger partial charge is 0.239 e. The quantitative estimate of drug-likeness (QED) is 0.588. The molecule has 1 fully saturated rings. The van der Waals surface area contributed by atoms with Crippen molar-refractivity contribution in [3.05, 3.63) is 0 Å². The van der Waals surface area contributed by atoms with Crippen molar-refractivity contribution in [3.8, 4) is 0 Å². The van der Waals surface area contributed by atoms with Crippen LogP contribution in [-0.2, 0) is 14.3 Å². The molecule has 0 saturated carbocycles. The minimum absolute atomic E-state index is 0.0406. The van der Waals surface area contributed by atoms with E-state index in [1.165, 1.54) is 0 Å². The summed E-state index contributed by atoms with van der Waals surface area (Å²) in [6.45, 7) is 7.10. The molecule has 1 aliphatic heterocycles. The van der Waals surface area contributed by atoms with Crippen molar-refractivity contribution in [2.24, 2.45) is 5.92 Å². The summed E-state index contributed by atoms with van der Waals surface area (Å²) in [6.07, 6.45) is 2.57. The predicted octanol–water partition coefficient (Wildman–Crippen LogP) is 0.0335. The van der Waals surface area contributed by atoms with Gasteiger partial charge in [0.15, 0.2) is 0 Å². The van der Waals surface area contributed by atoms with E-state index in [9.17, 15) is 9.59 Å². The number of hydrogen-bond acceptors (Lipinski definition) is 4.